The predicted molar refractivity (Wildman–Crippen MR) is 53.7 cm³/mol. The Hall–Kier alpha value is -0.900. The van der Waals surface area contributed by atoms with Crippen LogP contribution < -0.4 is 5.73 Å². The monoisotopic (exact) mass is 198 g/mol. The summed E-state index contributed by atoms with van der Waals surface area (Å²) in [6.07, 6.45) is 2.07. The van der Waals surface area contributed by atoms with Crippen molar-refractivity contribution in [1.29, 1.82) is 0 Å². The average molecular weight is 198 g/mol. The maximum absolute atomic E-state index is 11.7. The van der Waals surface area contributed by atoms with Crippen LogP contribution in [-0.2, 0) is 9.59 Å². The molecule has 2 atom stereocenters. The number of likely N-dealkylation sites (tertiary alicyclic amines) is 1. The van der Waals surface area contributed by atoms with Crippen molar-refractivity contribution in [2.45, 2.75) is 45.2 Å². The van der Waals surface area contributed by atoms with Gasteiger partial charge in [-0.2, -0.15) is 0 Å². The zero-order valence-corrected chi connectivity index (χ0v) is 8.82. The van der Waals surface area contributed by atoms with Crippen molar-refractivity contribution >= 4 is 11.7 Å². The fourth-order valence-electron chi connectivity index (χ4n) is 1.88. The van der Waals surface area contributed by atoms with Crippen LogP contribution in [0.25, 0.3) is 0 Å². The Labute approximate surface area is 84.4 Å². The molecule has 0 spiro atoms. The van der Waals surface area contributed by atoms with E-state index in [2.05, 4.69) is 0 Å². The highest BCUT2D eigenvalue weighted by Gasteiger charge is 2.31. The van der Waals surface area contributed by atoms with Gasteiger partial charge in [-0.25, -0.2) is 0 Å². The van der Waals surface area contributed by atoms with Gasteiger partial charge in [0.2, 0.25) is 5.91 Å². The van der Waals surface area contributed by atoms with Crippen molar-refractivity contribution in [2.24, 2.45) is 5.73 Å². The Kier molecular flexibility index (Phi) is 3.63. The molecule has 0 saturated carbocycles. The van der Waals surface area contributed by atoms with Gasteiger partial charge >= 0.3 is 0 Å². The first-order chi connectivity index (χ1) is 6.52. The molecule has 1 heterocycles. The number of Topliss-reactive ketones (excluding diaryl/α,β-unsaturated/α-hetero) is 1. The van der Waals surface area contributed by atoms with Gasteiger partial charge in [0.15, 0.2) is 5.78 Å². The molecule has 1 saturated heterocycles. The van der Waals surface area contributed by atoms with E-state index in [1.165, 1.54) is 0 Å². The maximum Gasteiger partial charge on any atom is 0.224 e. The Morgan fingerprint density at radius 1 is 1.57 bits per heavy atom. The van der Waals surface area contributed by atoms with Gasteiger partial charge in [0.05, 0.1) is 6.04 Å². The van der Waals surface area contributed by atoms with Gasteiger partial charge in [-0.15, -0.1) is 0 Å². The van der Waals surface area contributed by atoms with Crippen LogP contribution in [0.15, 0.2) is 0 Å². The van der Waals surface area contributed by atoms with Gasteiger partial charge in [-0.3, -0.25) is 9.59 Å². The summed E-state index contributed by atoms with van der Waals surface area (Å²) in [6.45, 7) is 4.05. The van der Waals surface area contributed by atoms with Crippen LogP contribution in [0.5, 0.6) is 0 Å². The molecule has 80 valence electrons. The fraction of sp³-hybridized carbons (Fsp3) is 0.800. The number of hydrogen-bond donors (Lipinski definition) is 1. The summed E-state index contributed by atoms with van der Waals surface area (Å²) in [7, 11) is 0. The van der Waals surface area contributed by atoms with Crippen LogP contribution >= 0.6 is 0 Å². The molecule has 1 aliphatic heterocycles. The van der Waals surface area contributed by atoms with Crippen molar-refractivity contribution in [3.63, 3.8) is 0 Å². The number of hydrogen-bond acceptors (Lipinski definition) is 3. The summed E-state index contributed by atoms with van der Waals surface area (Å²) in [5, 5.41) is 0. The van der Waals surface area contributed by atoms with Crippen LogP contribution in [0.3, 0.4) is 0 Å². The number of carbonyl (C=O) groups is 2. The van der Waals surface area contributed by atoms with Gasteiger partial charge in [-0.05, 0) is 26.7 Å². The second-order valence-electron chi connectivity index (χ2n) is 4.04. The number of amides is 1. The van der Waals surface area contributed by atoms with Crippen LogP contribution in [0, 0.1) is 0 Å². The minimum Gasteiger partial charge on any atom is -0.333 e. The zero-order valence-electron chi connectivity index (χ0n) is 8.82. The van der Waals surface area contributed by atoms with Gasteiger partial charge in [0, 0.05) is 19.0 Å². The van der Waals surface area contributed by atoms with E-state index in [1.54, 1.807) is 18.7 Å². The first-order valence-electron chi connectivity index (χ1n) is 5.08. The molecule has 0 aromatic heterocycles. The quantitative estimate of drug-likeness (QED) is 0.709. The number of carbonyl (C=O) groups excluding carboxylic acids is 2. The third-order valence-electron chi connectivity index (χ3n) is 2.54. The molecule has 0 aliphatic carbocycles. The molecule has 1 rings (SSSR count). The summed E-state index contributed by atoms with van der Waals surface area (Å²) in [5.74, 6) is 0.0956. The summed E-state index contributed by atoms with van der Waals surface area (Å²) < 4.78 is 0. The van der Waals surface area contributed by atoms with E-state index in [4.69, 9.17) is 5.73 Å². The highest BCUT2D eigenvalue weighted by molar-refractivity contribution is 5.88. The molecule has 4 nitrogen and oxygen atoms in total. The molecule has 14 heavy (non-hydrogen) atoms. The standard InChI is InChI=1S/C10H18N2O2/c1-7(11)6-10(14)12-5-3-4-9(12)8(2)13/h7,9H,3-6,11H2,1-2H3/t7?,9-/m1/s1. The molecule has 1 amide bonds. The van der Waals surface area contributed by atoms with Crippen LogP contribution in [-0.4, -0.2) is 35.2 Å². The lowest BCUT2D eigenvalue weighted by molar-refractivity contribution is -0.137. The Morgan fingerprint density at radius 2 is 2.21 bits per heavy atom. The van der Waals surface area contributed by atoms with Crippen molar-refractivity contribution in [2.75, 3.05) is 6.54 Å². The van der Waals surface area contributed by atoms with Crippen LogP contribution in [0.2, 0.25) is 0 Å². The Morgan fingerprint density at radius 3 is 2.71 bits per heavy atom. The topological polar surface area (TPSA) is 63.4 Å². The van der Waals surface area contributed by atoms with E-state index in [-0.39, 0.29) is 23.8 Å². The first kappa shape index (κ1) is 11.2. The number of nitrogens with two attached hydrogens (primary N) is 1. The third kappa shape index (κ3) is 2.54. The fourth-order valence-corrected chi connectivity index (χ4v) is 1.88. The van der Waals surface area contributed by atoms with Crippen molar-refractivity contribution in [3.8, 4) is 0 Å². The molecule has 1 aliphatic rings. The van der Waals surface area contributed by atoms with Gasteiger partial charge < -0.3 is 10.6 Å². The van der Waals surface area contributed by atoms with Gasteiger partial charge in [0.25, 0.3) is 0 Å². The summed E-state index contributed by atoms with van der Waals surface area (Å²) in [4.78, 5) is 24.6. The smallest absolute Gasteiger partial charge is 0.224 e. The molecule has 0 aromatic rings. The van der Waals surface area contributed by atoms with Crippen molar-refractivity contribution < 1.29 is 9.59 Å². The maximum atomic E-state index is 11.7. The largest absolute Gasteiger partial charge is 0.333 e. The number of rotatable bonds is 3. The highest BCUT2D eigenvalue weighted by Crippen LogP contribution is 2.19. The minimum atomic E-state index is -0.193. The lowest BCUT2D eigenvalue weighted by Crippen LogP contribution is -2.41. The summed E-state index contributed by atoms with van der Waals surface area (Å²) in [6, 6.07) is -0.322. The minimum absolute atomic E-state index is 0.0118. The molecule has 1 unspecified atom stereocenters. The molecule has 4 heteroatoms. The molecule has 0 aromatic carbocycles. The third-order valence-corrected chi connectivity index (χ3v) is 2.54. The van der Waals surface area contributed by atoms with Gasteiger partial charge in [-0.1, -0.05) is 0 Å². The molecule has 0 radical (unpaired) electrons. The van der Waals surface area contributed by atoms with Gasteiger partial charge in [0.1, 0.15) is 0 Å². The Balaban J connectivity index is 2.58. The van der Waals surface area contributed by atoms with Crippen molar-refractivity contribution in [1.82, 2.24) is 4.90 Å². The number of nitrogens with zero attached hydrogens (tertiary/aromatic N) is 1. The van der Waals surface area contributed by atoms with Crippen LogP contribution in [0.4, 0.5) is 0 Å². The zero-order chi connectivity index (χ0) is 10.7. The molecular formula is C10H18N2O2. The van der Waals surface area contributed by atoms with E-state index >= 15 is 0 Å². The summed E-state index contributed by atoms with van der Waals surface area (Å²) in [5.41, 5.74) is 5.55. The summed E-state index contributed by atoms with van der Waals surface area (Å²) >= 11 is 0. The lowest BCUT2D eigenvalue weighted by Gasteiger charge is -2.23. The van der Waals surface area contributed by atoms with E-state index in [9.17, 15) is 9.59 Å². The highest BCUT2D eigenvalue weighted by atomic mass is 16.2. The van der Waals surface area contributed by atoms with Crippen LogP contribution in [0.1, 0.15) is 33.1 Å². The van der Waals surface area contributed by atoms with Crippen molar-refractivity contribution in [3.05, 3.63) is 0 Å². The normalized spacial score (nSPS) is 23.6. The molecular weight excluding hydrogens is 180 g/mol. The molecule has 1 fully saturated rings. The molecule has 2 N–H and O–H groups in total. The SMILES string of the molecule is CC(=O)[C@H]1CCCN1C(=O)CC(C)N. The predicted octanol–water partition coefficient (Wildman–Crippen LogP) is 0.304. The Bertz CT molecular complexity index is 238. The lowest BCUT2D eigenvalue weighted by atomic mass is 10.1. The first-order valence-corrected chi connectivity index (χ1v) is 5.08. The second kappa shape index (κ2) is 4.55. The van der Waals surface area contributed by atoms with E-state index in [0.29, 0.717) is 13.0 Å². The second-order valence-corrected chi connectivity index (χ2v) is 4.04. The number of ketones is 1. The average Bonchev–Trinajstić information content (AvgIpc) is 2.49. The molecule has 0 bridgehead atoms. The van der Waals surface area contributed by atoms with E-state index in [0.717, 1.165) is 12.8 Å². The van der Waals surface area contributed by atoms with E-state index < -0.39 is 0 Å². The van der Waals surface area contributed by atoms with E-state index in [1.807, 2.05) is 0 Å².